The van der Waals surface area contributed by atoms with E-state index >= 15 is 0 Å². The van der Waals surface area contributed by atoms with Crippen LogP contribution in [-0.2, 0) is 6.42 Å². The molecule has 1 aromatic rings. The number of aryl methyl sites for hydroxylation is 2. The van der Waals surface area contributed by atoms with Crippen LogP contribution in [-0.4, -0.2) is 35.8 Å². The number of hydrogen-bond acceptors (Lipinski definition) is 2. The highest BCUT2D eigenvalue weighted by atomic mass is 127. The van der Waals surface area contributed by atoms with Gasteiger partial charge in [-0.05, 0) is 56.9 Å². The summed E-state index contributed by atoms with van der Waals surface area (Å²) in [5.41, 5.74) is 2.94. The number of halogens is 1. The number of aliphatic imine (C=N–C) groups is 1. The lowest BCUT2D eigenvalue weighted by molar-refractivity contribution is 0.297. The highest BCUT2D eigenvalue weighted by Crippen LogP contribution is 2.41. The molecule has 0 amide bonds. The lowest BCUT2D eigenvalue weighted by Gasteiger charge is -2.25. The van der Waals surface area contributed by atoms with Gasteiger partial charge in [0.1, 0.15) is 0 Å². The molecule has 0 unspecified atom stereocenters. The minimum absolute atomic E-state index is 0. The van der Waals surface area contributed by atoms with Gasteiger partial charge < -0.3 is 10.6 Å². The van der Waals surface area contributed by atoms with E-state index < -0.39 is 0 Å². The first-order valence-corrected chi connectivity index (χ1v) is 9.20. The molecular weight excluding hydrogens is 413 g/mol. The summed E-state index contributed by atoms with van der Waals surface area (Å²) in [5, 5.41) is 13.9. The van der Waals surface area contributed by atoms with Crippen molar-refractivity contribution < 1.29 is 0 Å². The van der Waals surface area contributed by atoms with Crippen molar-refractivity contribution in [3.8, 4) is 0 Å². The van der Waals surface area contributed by atoms with Crippen LogP contribution in [0.3, 0.4) is 0 Å². The highest BCUT2D eigenvalue weighted by Gasteiger charge is 2.31. The first-order valence-electron chi connectivity index (χ1n) is 9.20. The number of guanidine groups is 1. The fourth-order valence-corrected chi connectivity index (χ4v) is 3.45. The van der Waals surface area contributed by atoms with Gasteiger partial charge in [-0.25, -0.2) is 0 Å². The second-order valence-corrected chi connectivity index (χ2v) is 6.81. The summed E-state index contributed by atoms with van der Waals surface area (Å²) in [6, 6.07) is 0. The fraction of sp³-hybridized carbons (Fsp3) is 0.778. The van der Waals surface area contributed by atoms with Crippen LogP contribution >= 0.6 is 24.0 Å². The topological polar surface area (TPSA) is 65.1 Å². The molecule has 1 aliphatic rings. The molecule has 0 bridgehead atoms. The zero-order valence-corrected chi connectivity index (χ0v) is 17.8. The van der Waals surface area contributed by atoms with E-state index in [9.17, 15) is 0 Å². The zero-order valence-electron chi connectivity index (χ0n) is 15.5. The smallest absolute Gasteiger partial charge is 0.191 e. The Kier molecular flexibility index (Phi) is 9.69. The first kappa shape index (κ1) is 21.3. The number of aromatic amines is 1. The van der Waals surface area contributed by atoms with E-state index in [1.165, 1.54) is 43.4 Å². The first-order chi connectivity index (χ1) is 11.2. The molecule has 6 heteroatoms. The molecule has 1 fully saturated rings. The molecule has 0 radical (unpaired) electrons. The van der Waals surface area contributed by atoms with Crippen molar-refractivity contribution in [2.75, 3.05) is 19.6 Å². The number of hydrogen-bond donors (Lipinski definition) is 3. The average molecular weight is 447 g/mol. The van der Waals surface area contributed by atoms with Gasteiger partial charge in [0.15, 0.2) is 5.96 Å². The second kappa shape index (κ2) is 10.9. The Morgan fingerprint density at radius 2 is 2.04 bits per heavy atom. The monoisotopic (exact) mass is 447 g/mol. The Hall–Kier alpha value is -0.790. The highest BCUT2D eigenvalue weighted by molar-refractivity contribution is 14.0. The predicted molar refractivity (Wildman–Crippen MR) is 112 cm³/mol. The van der Waals surface area contributed by atoms with Crippen molar-refractivity contribution >= 4 is 29.9 Å². The summed E-state index contributed by atoms with van der Waals surface area (Å²) in [6.45, 7) is 9.32. The summed E-state index contributed by atoms with van der Waals surface area (Å²) in [7, 11) is 0. The Balaban J connectivity index is 0.00000288. The molecule has 0 spiro atoms. The lowest BCUT2D eigenvalue weighted by atomic mass is 9.84. The molecular formula is C18H34IN5. The summed E-state index contributed by atoms with van der Waals surface area (Å²) in [4.78, 5) is 4.87. The maximum atomic E-state index is 4.87. The average Bonchev–Trinajstić information content (AvgIpc) is 3.19. The van der Waals surface area contributed by atoms with E-state index in [0.717, 1.165) is 38.4 Å². The molecule has 2 rings (SSSR count). The van der Waals surface area contributed by atoms with E-state index in [0.29, 0.717) is 5.41 Å². The molecule has 0 aliphatic heterocycles. The molecule has 138 valence electrons. The number of nitrogens with one attached hydrogen (secondary N) is 3. The molecule has 0 saturated heterocycles. The van der Waals surface area contributed by atoms with Crippen molar-refractivity contribution in [3.05, 3.63) is 17.5 Å². The normalized spacial score (nSPS) is 16.7. The molecule has 1 heterocycles. The number of aromatic nitrogens is 2. The van der Waals surface area contributed by atoms with Gasteiger partial charge in [-0.3, -0.25) is 10.1 Å². The van der Waals surface area contributed by atoms with E-state index in [1.807, 2.05) is 6.20 Å². The SMILES string of the molecule is CCNC(=NCC1(CC)CCCC1)NCCCc1cn[nH]c1C.I. The van der Waals surface area contributed by atoms with Gasteiger partial charge in [0, 0.05) is 25.3 Å². The molecule has 1 saturated carbocycles. The maximum Gasteiger partial charge on any atom is 0.191 e. The predicted octanol–water partition coefficient (Wildman–Crippen LogP) is 3.79. The van der Waals surface area contributed by atoms with E-state index in [1.54, 1.807) is 0 Å². The third-order valence-electron chi connectivity index (χ3n) is 5.18. The molecule has 3 N–H and O–H groups in total. The Morgan fingerprint density at radius 1 is 1.29 bits per heavy atom. The second-order valence-electron chi connectivity index (χ2n) is 6.81. The van der Waals surface area contributed by atoms with Crippen LogP contribution in [0.4, 0.5) is 0 Å². The van der Waals surface area contributed by atoms with Crippen LogP contribution in [0, 0.1) is 12.3 Å². The minimum atomic E-state index is 0. The number of rotatable bonds is 8. The molecule has 1 aromatic heterocycles. The Bertz CT molecular complexity index is 491. The Morgan fingerprint density at radius 3 is 2.62 bits per heavy atom. The molecule has 0 atom stereocenters. The minimum Gasteiger partial charge on any atom is -0.357 e. The molecule has 1 aliphatic carbocycles. The van der Waals surface area contributed by atoms with Gasteiger partial charge in [0.2, 0.25) is 0 Å². The Labute approximate surface area is 163 Å². The quantitative estimate of drug-likeness (QED) is 0.246. The molecule has 24 heavy (non-hydrogen) atoms. The van der Waals surface area contributed by atoms with E-state index in [4.69, 9.17) is 4.99 Å². The van der Waals surface area contributed by atoms with Gasteiger partial charge in [0.05, 0.1) is 6.20 Å². The summed E-state index contributed by atoms with van der Waals surface area (Å²) in [5.74, 6) is 0.969. The van der Waals surface area contributed by atoms with E-state index in [2.05, 4.69) is 41.6 Å². The largest absolute Gasteiger partial charge is 0.357 e. The van der Waals surface area contributed by atoms with Gasteiger partial charge in [-0.2, -0.15) is 5.10 Å². The molecule has 5 nitrogen and oxygen atoms in total. The fourth-order valence-electron chi connectivity index (χ4n) is 3.45. The van der Waals surface area contributed by atoms with Crippen molar-refractivity contribution in [1.82, 2.24) is 20.8 Å². The van der Waals surface area contributed by atoms with Crippen LogP contribution in [0.15, 0.2) is 11.2 Å². The summed E-state index contributed by atoms with van der Waals surface area (Å²) >= 11 is 0. The van der Waals surface area contributed by atoms with Gasteiger partial charge in [0.25, 0.3) is 0 Å². The number of H-pyrrole nitrogens is 1. The summed E-state index contributed by atoms with van der Waals surface area (Å²) in [6.07, 6.45) is 10.7. The third-order valence-corrected chi connectivity index (χ3v) is 5.18. The van der Waals surface area contributed by atoms with Gasteiger partial charge in [-0.15, -0.1) is 24.0 Å². The summed E-state index contributed by atoms with van der Waals surface area (Å²) < 4.78 is 0. The van der Waals surface area contributed by atoms with Crippen molar-refractivity contribution in [3.63, 3.8) is 0 Å². The van der Waals surface area contributed by atoms with Crippen LogP contribution in [0.2, 0.25) is 0 Å². The molecule has 0 aromatic carbocycles. The maximum absolute atomic E-state index is 4.87. The van der Waals surface area contributed by atoms with E-state index in [-0.39, 0.29) is 24.0 Å². The van der Waals surface area contributed by atoms with Crippen LogP contribution in [0.5, 0.6) is 0 Å². The number of nitrogens with zero attached hydrogens (tertiary/aromatic N) is 2. The van der Waals surface area contributed by atoms with Gasteiger partial charge in [-0.1, -0.05) is 19.8 Å². The van der Waals surface area contributed by atoms with Crippen molar-refractivity contribution in [2.45, 2.75) is 65.7 Å². The van der Waals surface area contributed by atoms with Gasteiger partial charge >= 0.3 is 0 Å². The van der Waals surface area contributed by atoms with Crippen LogP contribution in [0.25, 0.3) is 0 Å². The lowest BCUT2D eigenvalue weighted by Crippen LogP contribution is -2.39. The third kappa shape index (κ3) is 6.26. The van der Waals surface area contributed by atoms with Crippen LogP contribution < -0.4 is 10.6 Å². The van der Waals surface area contributed by atoms with Crippen molar-refractivity contribution in [1.29, 1.82) is 0 Å². The van der Waals surface area contributed by atoms with Crippen LogP contribution in [0.1, 0.15) is 63.6 Å². The van der Waals surface area contributed by atoms with Crippen molar-refractivity contribution in [2.24, 2.45) is 10.4 Å². The standard InChI is InChI=1S/C18H33N5.HI/c1-4-18(10-6-7-11-18)14-21-17(19-5-2)20-12-8-9-16-13-22-23-15(16)3;/h13H,4-12,14H2,1-3H3,(H,22,23)(H2,19,20,21);1H. The zero-order chi connectivity index (χ0) is 16.5.